The van der Waals surface area contributed by atoms with Gasteiger partial charge in [0.2, 0.25) is 5.91 Å². The lowest BCUT2D eigenvalue weighted by Crippen LogP contribution is -2.28. The van der Waals surface area contributed by atoms with Crippen LogP contribution in [0.2, 0.25) is 0 Å². The summed E-state index contributed by atoms with van der Waals surface area (Å²) in [5, 5.41) is 0. The van der Waals surface area contributed by atoms with Crippen molar-refractivity contribution in [1.82, 2.24) is 9.80 Å². The molecule has 0 aliphatic carbocycles. The number of aryl methyl sites for hydroxylation is 1. The van der Waals surface area contributed by atoms with Crippen LogP contribution in [0.1, 0.15) is 24.5 Å². The highest BCUT2D eigenvalue weighted by Gasteiger charge is 2.20. The molecule has 0 radical (unpaired) electrons. The summed E-state index contributed by atoms with van der Waals surface area (Å²) in [4.78, 5) is 15.8. The quantitative estimate of drug-likeness (QED) is 0.924. The first-order chi connectivity index (χ1) is 11.3. The van der Waals surface area contributed by atoms with Crippen molar-refractivity contribution in [3.63, 3.8) is 0 Å². The SMILES string of the molecule is C=C1C=CC(C)=CN1/C(CC(=O)N(C)C)=C(\N)c1ccc(C)cc1. The first-order valence-corrected chi connectivity index (χ1v) is 7.90. The molecule has 4 nitrogen and oxygen atoms in total. The Bertz CT molecular complexity index is 737. The van der Waals surface area contributed by atoms with Gasteiger partial charge < -0.3 is 15.5 Å². The second kappa shape index (κ2) is 7.21. The van der Waals surface area contributed by atoms with Crippen molar-refractivity contribution in [1.29, 1.82) is 0 Å². The first kappa shape index (κ1) is 17.6. The molecule has 126 valence electrons. The number of benzene rings is 1. The van der Waals surface area contributed by atoms with Crippen LogP contribution in [0.4, 0.5) is 0 Å². The zero-order valence-electron chi connectivity index (χ0n) is 14.8. The molecule has 1 aliphatic heterocycles. The molecule has 1 heterocycles. The van der Waals surface area contributed by atoms with E-state index in [0.717, 1.165) is 22.5 Å². The average Bonchev–Trinajstić information content (AvgIpc) is 2.55. The van der Waals surface area contributed by atoms with E-state index >= 15 is 0 Å². The number of hydrogen-bond acceptors (Lipinski definition) is 3. The van der Waals surface area contributed by atoms with Crippen molar-refractivity contribution in [2.45, 2.75) is 20.3 Å². The predicted octanol–water partition coefficient (Wildman–Crippen LogP) is 3.39. The third-order valence-corrected chi connectivity index (χ3v) is 3.96. The predicted molar refractivity (Wildman–Crippen MR) is 99.5 cm³/mol. The molecule has 0 fully saturated rings. The fraction of sp³-hybridized carbons (Fsp3) is 0.250. The topological polar surface area (TPSA) is 49.6 Å². The van der Waals surface area contributed by atoms with Crippen LogP contribution in [-0.4, -0.2) is 29.8 Å². The largest absolute Gasteiger partial charge is 0.397 e. The van der Waals surface area contributed by atoms with Crippen molar-refractivity contribution in [2.75, 3.05) is 14.1 Å². The fourth-order valence-electron chi connectivity index (χ4n) is 2.40. The molecule has 0 atom stereocenters. The standard InChI is InChI=1S/C20H25N3O/c1-14-7-10-17(11-8-14)20(21)18(12-19(24)22(4)5)23-13-15(2)6-9-16(23)3/h6-11,13H,3,12,21H2,1-2,4-5H3/b20-18-. The Balaban J connectivity index is 2.51. The highest BCUT2D eigenvalue weighted by atomic mass is 16.2. The van der Waals surface area contributed by atoms with Crippen molar-refractivity contribution in [3.05, 3.63) is 77.3 Å². The molecular weight excluding hydrogens is 298 g/mol. The van der Waals surface area contributed by atoms with Crippen LogP contribution < -0.4 is 5.73 Å². The van der Waals surface area contributed by atoms with Crippen LogP contribution in [0, 0.1) is 6.92 Å². The van der Waals surface area contributed by atoms with Crippen LogP contribution in [0.3, 0.4) is 0 Å². The van der Waals surface area contributed by atoms with Gasteiger partial charge in [0.05, 0.1) is 17.8 Å². The highest BCUT2D eigenvalue weighted by Crippen LogP contribution is 2.27. The number of carbonyl (C=O) groups excluding carboxylic acids is 1. The maximum absolute atomic E-state index is 12.3. The molecule has 24 heavy (non-hydrogen) atoms. The minimum absolute atomic E-state index is 0.00605. The molecule has 4 heteroatoms. The zero-order valence-corrected chi connectivity index (χ0v) is 14.8. The van der Waals surface area contributed by atoms with Crippen LogP contribution in [0.25, 0.3) is 5.70 Å². The Morgan fingerprint density at radius 1 is 1.17 bits per heavy atom. The summed E-state index contributed by atoms with van der Waals surface area (Å²) in [5.74, 6) is -0.00605. The Hall–Kier alpha value is -2.75. The fourth-order valence-corrected chi connectivity index (χ4v) is 2.40. The van der Waals surface area contributed by atoms with Gasteiger partial charge in [-0.15, -0.1) is 0 Å². The van der Waals surface area contributed by atoms with Crippen LogP contribution in [0.5, 0.6) is 0 Å². The van der Waals surface area contributed by atoms with Crippen LogP contribution in [-0.2, 0) is 4.79 Å². The summed E-state index contributed by atoms with van der Waals surface area (Å²) in [7, 11) is 3.49. The maximum atomic E-state index is 12.3. The third kappa shape index (κ3) is 3.96. The van der Waals surface area contributed by atoms with Crippen molar-refractivity contribution in [3.8, 4) is 0 Å². The third-order valence-electron chi connectivity index (χ3n) is 3.96. The van der Waals surface area contributed by atoms with Gasteiger partial charge in [-0.3, -0.25) is 4.79 Å². The maximum Gasteiger partial charge on any atom is 0.228 e. The molecule has 0 saturated carbocycles. The first-order valence-electron chi connectivity index (χ1n) is 7.90. The summed E-state index contributed by atoms with van der Waals surface area (Å²) in [6.45, 7) is 8.11. The van der Waals surface area contributed by atoms with E-state index in [4.69, 9.17) is 5.73 Å². The van der Waals surface area contributed by atoms with E-state index in [1.165, 1.54) is 5.56 Å². The Morgan fingerprint density at radius 2 is 1.79 bits per heavy atom. The van der Waals surface area contributed by atoms with Gasteiger partial charge in [0.15, 0.2) is 0 Å². The molecule has 2 rings (SSSR count). The summed E-state index contributed by atoms with van der Waals surface area (Å²) in [5.41, 5.74) is 11.7. The lowest BCUT2D eigenvalue weighted by atomic mass is 10.0. The normalized spacial score (nSPS) is 15.1. The number of allylic oxidation sites excluding steroid dienone is 3. The van der Waals surface area contributed by atoms with E-state index in [0.29, 0.717) is 5.70 Å². The molecule has 0 spiro atoms. The van der Waals surface area contributed by atoms with Crippen molar-refractivity contribution in [2.24, 2.45) is 5.73 Å². The highest BCUT2D eigenvalue weighted by molar-refractivity contribution is 5.81. The second-order valence-corrected chi connectivity index (χ2v) is 6.26. The summed E-state index contributed by atoms with van der Waals surface area (Å²) >= 11 is 0. The zero-order chi connectivity index (χ0) is 17.9. The van der Waals surface area contributed by atoms with Gasteiger partial charge in [0.1, 0.15) is 0 Å². The molecule has 2 N–H and O–H groups in total. The summed E-state index contributed by atoms with van der Waals surface area (Å²) in [6.07, 6.45) is 6.09. The van der Waals surface area contributed by atoms with E-state index in [1.807, 2.05) is 61.4 Å². The monoisotopic (exact) mass is 323 g/mol. The molecule has 1 amide bonds. The van der Waals surface area contributed by atoms with Gasteiger partial charge in [-0.2, -0.15) is 0 Å². The van der Waals surface area contributed by atoms with E-state index in [-0.39, 0.29) is 12.3 Å². The van der Waals surface area contributed by atoms with Crippen LogP contribution in [0.15, 0.2) is 66.2 Å². The van der Waals surface area contributed by atoms with Gasteiger partial charge >= 0.3 is 0 Å². The van der Waals surface area contributed by atoms with Gasteiger partial charge in [-0.05, 0) is 31.1 Å². The Kier molecular flexibility index (Phi) is 5.29. The average molecular weight is 323 g/mol. The molecule has 1 aromatic carbocycles. The summed E-state index contributed by atoms with van der Waals surface area (Å²) < 4.78 is 0. The number of nitrogens with two attached hydrogens (primary N) is 1. The molecular formula is C20H25N3O. The smallest absolute Gasteiger partial charge is 0.228 e. The molecule has 0 bridgehead atoms. The molecule has 1 aliphatic rings. The van der Waals surface area contributed by atoms with Gasteiger partial charge in [0.25, 0.3) is 0 Å². The van der Waals surface area contributed by atoms with E-state index in [1.54, 1.807) is 19.0 Å². The Morgan fingerprint density at radius 3 is 2.38 bits per heavy atom. The van der Waals surface area contributed by atoms with Gasteiger partial charge in [-0.1, -0.05) is 42.5 Å². The lowest BCUT2D eigenvalue weighted by molar-refractivity contribution is -0.128. The molecule has 0 unspecified atom stereocenters. The number of amides is 1. The number of hydrogen-bond donors (Lipinski definition) is 1. The summed E-state index contributed by atoms with van der Waals surface area (Å²) in [6, 6.07) is 7.98. The lowest BCUT2D eigenvalue weighted by Gasteiger charge is -2.29. The van der Waals surface area contributed by atoms with Crippen molar-refractivity contribution < 1.29 is 4.79 Å². The van der Waals surface area contributed by atoms with E-state index in [9.17, 15) is 4.79 Å². The van der Waals surface area contributed by atoms with Gasteiger partial charge in [-0.25, -0.2) is 0 Å². The van der Waals surface area contributed by atoms with Gasteiger partial charge in [0, 0.05) is 26.0 Å². The number of carbonyl (C=O) groups is 1. The number of nitrogens with zero attached hydrogens (tertiary/aromatic N) is 2. The minimum Gasteiger partial charge on any atom is -0.397 e. The molecule has 0 aromatic heterocycles. The minimum atomic E-state index is -0.00605. The second-order valence-electron chi connectivity index (χ2n) is 6.26. The molecule has 0 saturated heterocycles. The van der Waals surface area contributed by atoms with E-state index < -0.39 is 0 Å². The number of rotatable bonds is 4. The Labute approximate surface area is 144 Å². The van der Waals surface area contributed by atoms with Crippen molar-refractivity contribution >= 4 is 11.6 Å². The molecule has 1 aromatic rings. The van der Waals surface area contributed by atoms with E-state index in [2.05, 4.69) is 6.58 Å². The van der Waals surface area contributed by atoms with Crippen LogP contribution >= 0.6 is 0 Å².